The molecule has 0 saturated carbocycles. The van der Waals surface area contributed by atoms with Crippen LogP contribution >= 0.6 is 27.5 Å². The van der Waals surface area contributed by atoms with Crippen LogP contribution in [-0.2, 0) is 4.79 Å². The minimum Gasteiger partial charge on any atom is -0.365 e. The summed E-state index contributed by atoms with van der Waals surface area (Å²) in [4.78, 5) is 28.1. The maximum absolute atomic E-state index is 12.6. The Kier molecular flexibility index (Phi) is 5.84. The summed E-state index contributed by atoms with van der Waals surface area (Å²) >= 11 is 9.82. The van der Waals surface area contributed by atoms with Gasteiger partial charge in [-0.25, -0.2) is 0 Å². The molecule has 5 nitrogen and oxygen atoms in total. The number of para-hydroxylation sites is 1. The van der Waals surface area contributed by atoms with Gasteiger partial charge in [-0.15, -0.1) is 0 Å². The molecule has 2 aromatic carbocycles. The van der Waals surface area contributed by atoms with E-state index in [1.54, 1.807) is 19.1 Å². The third-order valence-corrected chi connectivity index (χ3v) is 5.16. The van der Waals surface area contributed by atoms with Crippen LogP contribution < -0.4 is 10.2 Å². The number of benzene rings is 2. The van der Waals surface area contributed by atoms with E-state index in [9.17, 15) is 9.59 Å². The number of anilines is 2. The Morgan fingerprint density at radius 3 is 2.42 bits per heavy atom. The van der Waals surface area contributed by atoms with Crippen molar-refractivity contribution < 1.29 is 9.59 Å². The molecule has 3 rings (SSSR count). The van der Waals surface area contributed by atoms with Crippen molar-refractivity contribution in [2.45, 2.75) is 6.92 Å². The lowest BCUT2D eigenvalue weighted by molar-refractivity contribution is -0.129. The first-order valence-corrected chi connectivity index (χ1v) is 9.48. The van der Waals surface area contributed by atoms with Gasteiger partial charge in [-0.2, -0.15) is 0 Å². The third kappa shape index (κ3) is 4.19. The number of carbonyl (C=O) groups is 2. The first kappa shape index (κ1) is 18.7. The van der Waals surface area contributed by atoms with Crippen molar-refractivity contribution in [3.8, 4) is 0 Å². The predicted octanol–water partition coefficient (Wildman–Crippen LogP) is 4.02. The quantitative estimate of drug-likeness (QED) is 0.790. The number of nitrogens with one attached hydrogen (secondary N) is 1. The summed E-state index contributed by atoms with van der Waals surface area (Å²) in [6.07, 6.45) is 0. The third-order valence-electron chi connectivity index (χ3n) is 4.36. The van der Waals surface area contributed by atoms with Crippen molar-refractivity contribution >= 4 is 50.7 Å². The van der Waals surface area contributed by atoms with Gasteiger partial charge in [0.15, 0.2) is 0 Å². The lowest BCUT2D eigenvalue weighted by Crippen LogP contribution is -2.48. The molecule has 0 aliphatic carbocycles. The first-order valence-electron chi connectivity index (χ1n) is 8.31. The fourth-order valence-corrected chi connectivity index (χ4v) is 3.70. The topological polar surface area (TPSA) is 52.7 Å². The zero-order valence-corrected chi connectivity index (χ0v) is 16.7. The van der Waals surface area contributed by atoms with E-state index in [0.29, 0.717) is 42.5 Å². The summed E-state index contributed by atoms with van der Waals surface area (Å²) in [7, 11) is 0. The molecule has 1 saturated heterocycles. The van der Waals surface area contributed by atoms with Gasteiger partial charge in [0.1, 0.15) is 0 Å². The highest BCUT2D eigenvalue weighted by molar-refractivity contribution is 9.10. The van der Waals surface area contributed by atoms with Gasteiger partial charge in [0.2, 0.25) is 5.91 Å². The average molecular weight is 437 g/mol. The van der Waals surface area contributed by atoms with E-state index in [1.165, 1.54) is 0 Å². The minimum absolute atomic E-state index is 0.0759. The van der Waals surface area contributed by atoms with Crippen molar-refractivity contribution in [1.82, 2.24) is 4.90 Å². The van der Waals surface area contributed by atoms with Gasteiger partial charge in [-0.3, -0.25) is 9.59 Å². The van der Waals surface area contributed by atoms with E-state index < -0.39 is 0 Å². The molecule has 1 heterocycles. The van der Waals surface area contributed by atoms with Crippen molar-refractivity contribution in [2.24, 2.45) is 0 Å². The van der Waals surface area contributed by atoms with E-state index in [1.807, 2.05) is 35.2 Å². The van der Waals surface area contributed by atoms with Crippen molar-refractivity contribution in [2.75, 3.05) is 36.4 Å². The smallest absolute Gasteiger partial charge is 0.255 e. The van der Waals surface area contributed by atoms with Gasteiger partial charge in [-0.1, -0.05) is 39.7 Å². The number of hydrogen-bond acceptors (Lipinski definition) is 3. The number of carbonyl (C=O) groups excluding carboxylic acids is 2. The Balaban J connectivity index is 1.82. The Morgan fingerprint density at radius 1 is 1.08 bits per heavy atom. The molecule has 1 fully saturated rings. The van der Waals surface area contributed by atoms with Gasteiger partial charge in [0.25, 0.3) is 5.91 Å². The average Bonchev–Trinajstić information content (AvgIpc) is 2.62. The van der Waals surface area contributed by atoms with Crippen LogP contribution in [0.5, 0.6) is 0 Å². The second-order valence-corrected chi connectivity index (χ2v) is 7.42. The van der Waals surface area contributed by atoms with Gasteiger partial charge < -0.3 is 15.1 Å². The Bertz CT molecular complexity index is 835. The molecule has 136 valence electrons. The molecule has 1 aliphatic rings. The van der Waals surface area contributed by atoms with E-state index >= 15 is 0 Å². The summed E-state index contributed by atoms with van der Waals surface area (Å²) in [6.45, 7) is 4.19. The van der Waals surface area contributed by atoms with E-state index in [4.69, 9.17) is 11.6 Å². The molecule has 1 N–H and O–H groups in total. The number of piperazine rings is 1. The van der Waals surface area contributed by atoms with Gasteiger partial charge in [0, 0.05) is 43.1 Å². The summed E-state index contributed by atoms with van der Waals surface area (Å²) in [5.41, 5.74) is 2.02. The molecule has 0 bridgehead atoms. The molecular formula is C19H19BrClN3O2. The van der Waals surface area contributed by atoms with Crippen molar-refractivity contribution in [1.29, 1.82) is 0 Å². The molecule has 0 spiro atoms. The molecule has 7 heteroatoms. The number of amides is 2. The summed E-state index contributed by atoms with van der Waals surface area (Å²) in [5.74, 6) is -0.121. The molecule has 0 radical (unpaired) electrons. The van der Waals surface area contributed by atoms with Crippen LogP contribution in [-0.4, -0.2) is 42.9 Å². The molecular weight excluding hydrogens is 418 g/mol. The highest BCUT2D eigenvalue weighted by Crippen LogP contribution is 2.35. The molecule has 0 atom stereocenters. The number of hydrogen-bond donors (Lipinski definition) is 1. The van der Waals surface area contributed by atoms with E-state index in [2.05, 4.69) is 26.1 Å². The fraction of sp³-hybridized carbons (Fsp3) is 0.263. The highest BCUT2D eigenvalue weighted by atomic mass is 79.9. The van der Waals surface area contributed by atoms with Crippen LogP contribution in [0.15, 0.2) is 46.9 Å². The Morgan fingerprint density at radius 2 is 1.77 bits per heavy atom. The Labute approximate surface area is 166 Å². The number of rotatable bonds is 3. The van der Waals surface area contributed by atoms with E-state index in [0.717, 1.165) is 10.2 Å². The van der Waals surface area contributed by atoms with Gasteiger partial charge in [-0.05, 0) is 30.3 Å². The monoisotopic (exact) mass is 435 g/mol. The number of halogens is 2. The normalized spacial score (nSPS) is 14.3. The van der Waals surface area contributed by atoms with E-state index in [-0.39, 0.29) is 11.8 Å². The second kappa shape index (κ2) is 8.10. The van der Waals surface area contributed by atoms with Crippen LogP contribution in [0.4, 0.5) is 11.4 Å². The molecule has 0 aromatic heterocycles. The fourth-order valence-electron chi connectivity index (χ4n) is 3.01. The van der Waals surface area contributed by atoms with Crippen molar-refractivity contribution in [3.05, 3.63) is 57.5 Å². The van der Waals surface area contributed by atoms with Crippen molar-refractivity contribution in [3.63, 3.8) is 0 Å². The lowest BCUT2D eigenvalue weighted by Gasteiger charge is -2.37. The first-order chi connectivity index (χ1) is 12.5. The summed E-state index contributed by atoms with van der Waals surface area (Å²) < 4.78 is 0.844. The van der Waals surface area contributed by atoms with Gasteiger partial charge in [0.05, 0.1) is 16.4 Å². The van der Waals surface area contributed by atoms with Crippen LogP contribution in [0.2, 0.25) is 5.02 Å². The van der Waals surface area contributed by atoms with Crippen LogP contribution in [0.3, 0.4) is 0 Å². The largest absolute Gasteiger partial charge is 0.365 e. The molecule has 2 aromatic rings. The van der Waals surface area contributed by atoms with Crippen LogP contribution in [0.25, 0.3) is 0 Å². The zero-order chi connectivity index (χ0) is 18.7. The van der Waals surface area contributed by atoms with Crippen LogP contribution in [0.1, 0.15) is 17.3 Å². The second-order valence-electron chi connectivity index (χ2n) is 6.09. The minimum atomic E-state index is -0.197. The summed E-state index contributed by atoms with van der Waals surface area (Å²) in [6, 6.07) is 12.7. The molecule has 0 unspecified atom stereocenters. The summed E-state index contributed by atoms with van der Waals surface area (Å²) in [5, 5.41) is 3.54. The standard InChI is InChI=1S/C19H19BrClN3O2/c1-13(25)23-8-10-24(11-9-23)18-16(21)6-3-7-17(18)22-19(26)14-4-2-5-15(20)12-14/h2-7,12H,8-11H2,1H3,(H,22,26). The number of nitrogens with zero attached hydrogens (tertiary/aromatic N) is 2. The maximum Gasteiger partial charge on any atom is 0.255 e. The molecule has 26 heavy (non-hydrogen) atoms. The Hall–Kier alpha value is -2.05. The lowest BCUT2D eigenvalue weighted by atomic mass is 10.1. The van der Waals surface area contributed by atoms with Gasteiger partial charge >= 0.3 is 0 Å². The highest BCUT2D eigenvalue weighted by Gasteiger charge is 2.23. The molecule has 1 aliphatic heterocycles. The zero-order valence-electron chi connectivity index (χ0n) is 14.3. The maximum atomic E-state index is 12.6. The predicted molar refractivity (Wildman–Crippen MR) is 108 cm³/mol. The molecule has 2 amide bonds. The SMILES string of the molecule is CC(=O)N1CCN(c2c(Cl)cccc2NC(=O)c2cccc(Br)c2)CC1. The van der Waals surface area contributed by atoms with Crippen LogP contribution in [0, 0.1) is 0 Å².